The van der Waals surface area contributed by atoms with Gasteiger partial charge in [0.25, 0.3) is 0 Å². The molecule has 0 saturated carbocycles. The van der Waals surface area contributed by atoms with Gasteiger partial charge in [0.2, 0.25) is 0 Å². The van der Waals surface area contributed by atoms with Crippen LogP contribution in [0.2, 0.25) is 0 Å². The normalized spacial score (nSPS) is 34.8. The lowest BCUT2D eigenvalue weighted by Crippen LogP contribution is -2.17. The summed E-state index contributed by atoms with van der Waals surface area (Å²) in [5.41, 5.74) is 1.28. The predicted molar refractivity (Wildman–Crippen MR) is 47.6 cm³/mol. The third kappa shape index (κ3) is 1.15. The van der Waals surface area contributed by atoms with Crippen LogP contribution in [0.3, 0.4) is 0 Å². The molecule has 0 aromatic carbocycles. The highest BCUT2D eigenvalue weighted by atomic mass is 14.8. The van der Waals surface area contributed by atoms with Crippen molar-refractivity contribution in [3.63, 3.8) is 0 Å². The van der Waals surface area contributed by atoms with E-state index < -0.39 is 0 Å². The number of allylic oxidation sites excluding steroid dienone is 4. The zero-order chi connectivity index (χ0) is 7.68. The smallest absolute Gasteiger partial charge is 0.0436 e. The van der Waals surface area contributed by atoms with Gasteiger partial charge in [-0.05, 0) is 24.8 Å². The van der Waals surface area contributed by atoms with E-state index in [-0.39, 0.29) is 0 Å². The van der Waals surface area contributed by atoms with Crippen LogP contribution in [0.15, 0.2) is 28.9 Å². The maximum atomic E-state index is 4.39. The van der Waals surface area contributed by atoms with Crippen LogP contribution < -0.4 is 0 Å². The van der Waals surface area contributed by atoms with Crippen LogP contribution in [0, 0.1) is 11.8 Å². The first-order chi connectivity index (χ1) is 5.38. The molecule has 1 heteroatoms. The zero-order valence-corrected chi connectivity index (χ0v) is 6.83. The lowest BCUT2D eigenvalue weighted by molar-refractivity contribution is 0.444. The van der Waals surface area contributed by atoms with Crippen LogP contribution in [0.1, 0.15) is 19.8 Å². The third-order valence-corrected chi connectivity index (χ3v) is 2.54. The molecule has 0 bridgehead atoms. The Balaban J connectivity index is 2.29. The fourth-order valence-corrected chi connectivity index (χ4v) is 1.83. The molecule has 1 heterocycles. The summed E-state index contributed by atoms with van der Waals surface area (Å²) < 4.78 is 0. The van der Waals surface area contributed by atoms with Gasteiger partial charge >= 0.3 is 0 Å². The van der Waals surface area contributed by atoms with Gasteiger partial charge in [0, 0.05) is 17.8 Å². The molecule has 2 atom stereocenters. The predicted octanol–water partition coefficient (Wildman–Crippen LogP) is 2.56. The molecule has 0 amide bonds. The Labute approximate surface area is 67.5 Å². The molecule has 1 unspecified atom stereocenters. The van der Waals surface area contributed by atoms with Gasteiger partial charge in [-0.2, -0.15) is 0 Å². The second-order valence-electron chi connectivity index (χ2n) is 3.33. The third-order valence-electron chi connectivity index (χ3n) is 2.54. The van der Waals surface area contributed by atoms with Crippen LogP contribution in [0.5, 0.6) is 0 Å². The summed E-state index contributed by atoms with van der Waals surface area (Å²) >= 11 is 0. The first kappa shape index (κ1) is 6.84. The van der Waals surface area contributed by atoms with Crippen LogP contribution in [-0.2, 0) is 0 Å². The monoisotopic (exact) mass is 147 g/mol. The number of hydrogen-bond acceptors (Lipinski definition) is 1. The minimum absolute atomic E-state index is 0.687. The van der Waals surface area contributed by atoms with Crippen molar-refractivity contribution in [3.05, 3.63) is 23.9 Å². The van der Waals surface area contributed by atoms with Gasteiger partial charge in [-0.15, -0.1) is 0 Å². The second-order valence-corrected chi connectivity index (χ2v) is 3.33. The molecule has 11 heavy (non-hydrogen) atoms. The topological polar surface area (TPSA) is 12.4 Å². The Hall–Kier alpha value is -0.850. The molecule has 0 fully saturated rings. The molecule has 0 aromatic heterocycles. The summed E-state index contributed by atoms with van der Waals surface area (Å²) in [5, 5.41) is 0. The molecular weight excluding hydrogens is 134 g/mol. The van der Waals surface area contributed by atoms with Gasteiger partial charge in [-0.25, -0.2) is 0 Å². The number of nitrogens with zero attached hydrogens (tertiary/aromatic N) is 1. The molecule has 1 nitrogen and oxygen atoms in total. The molecular formula is C10H13N. The van der Waals surface area contributed by atoms with Crippen molar-refractivity contribution in [2.75, 3.05) is 0 Å². The molecule has 1 aliphatic heterocycles. The van der Waals surface area contributed by atoms with E-state index in [4.69, 9.17) is 0 Å². The maximum Gasteiger partial charge on any atom is 0.0436 e. The van der Waals surface area contributed by atoms with Crippen LogP contribution >= 0.6 is 0 Å². The van der Waals surface area contributed by atoms with E-state index in [1.54, 1.807) is 0 Å². The summed E-state index contributed by atoms with van der Waals surface area (Å²) in [7, 11) is 0. The lowest BCUT2D eigenvalue weighted by atomic mass is 9.83. The van der Waals surface area contributed by atoms with E-state index in [0.717, 1.165) is 6.42 Å². The Kier molecular flexibility index (Phi) is 1.65. The van der Waals surface area contributed by atoms with Crippen molar-refractivity contribution >= 4 is 6.21 Å². The molecule has 2 rings (SSSR count). The van der Waals surface area contributed by atoms with Gasteiger partial charge in [0.05, 0.1) is 0 Å². The molecule has 2 aliphatic rings. The van der Waals surface area contributed by atoms with E-state index in [1.807, 2.05) is 6.21 Å². The van der Waals surface area contributed by atoms with Crippen molar-refractivity contribution in [1.29, 1.82) is 0 Å². The van der Waals surface area contributed by atoms with Crippen molar-refractivity contribution in [1.82, 2.24) is 0 Å². The fraction of sp³-hybridized carbons (Fsp3) is 0.500. The molecule has 0 aromatic rings. The van der Waals surface area contributed by atoms with Crippen molar-refractivity contribution in [3.8, 4) is 0 Å². The van der Waals surface area contributed by atoms with E-state index >= 15 is 0 Å². The minimum Gasteiger partial charge on any atom is -0.265 e. The highest BCUT2D eigenvalue weighted by Gasteiger charge is 2.22. The van der Waals surface area contributed by atoms with E-state index in [1.165, 1.54) is 12.1 Å². The number of fused-ring (bicyclic) bond motifs is 1. The lowest BCUT2D eigenvalue weighted by Gasteiger charge is -2.26. The van der Waals surface area contributed by atoms with E-state index in [2.05, 4.69) is 30.1 Å². The molecule has 58 valence electrons. The molecule has 0 N–H and O–H groups in total. The van der Waals surface area contributed by atoms with Crippen LogP contribution in [0.4, 0.5) is 0 Å². The summed E-state index contributed by atoms with van der Waals surface area (Å²) in [6.45, 7) is 2.27. The molecule has 0 spiro atoms. The van der Waals surface area contributed by atoms with Crippen molar-refractivity contribution in [2.24, 2.45) is 16.8 Å². The molecule has 0 saturated heterocycles. The van der Waals surface area contributed by atoms with Gasteiger partial charge in [0.1, 0.15) is 0 Å². The Morgan fingerprint density at radius 2 is 2.45 bits per heavy atom. The zero-order valence-electron chi connectivity index (χ0n) is 6.83. The Morgan fingerprint density at radius 3 is 3.27 bits per heavy atom. The van der Waals surface area contributed by atoms with Gasteiger partial charge < -0.3 is 0 Å². The average molecular weight is 147 g/mol. The standard InChI is InChI=1S/C10H13N/c1-8-4-2-6-10-9(8)5-3-7-11-10/h2,4,6-9H,3,5H2,1H3/t8?,9-/m1/s1. The largest absolute Gasteiger partial charge is 0.265 e. The van der Waals surface area contributed by atoms with Gasteiger partial charge in [-0.3, -0.25) is 4.99 Å². The number of hydrogen-bond donors (Lipinski definition) is 0. The Bertz CT molecular complexity index is 235. The van der Waals surface area contributed by atoms with E-state index in [9.17, 15) is 0 Å². The first-order valence-electron chi connectivity index (χ1n) is 4.29. The second kappa shape index (κ2) is 2.65. The van der Waals surface area contributed by atoms with Crippen molar-refractivity contribution in [2.45, 2.75) is 19.8 Å². The first-order valence-corrected chi connectivity index (χ1v) is 4.29. The van der Waals surface area contributed by atoms with E-state index in [0.29, 0.717) is 11.8 Å². The van der Waals surface area contributed by atoms with Crippen LogP contribution in [-0.4, -0.2) is 6.21 Å². The molecule has 0 radical (unpaired) electrons. The minimum atomic E-state index is 0.687. The van der Waals surface area contributed by atoms with Crippen molar-refractivity contribution < 1.29 is 0 Å². The highest BCUT2D eigenvalue weighted by molar-refractivity contribution is 5.61. The SMILES string of the molecule is CC1C=CC=C2N=CCC[C@@H]21. The number of rotatable bonds is 0. The Morgan fingerprint density at radius 1 is 1.55 bits per heavy atom. The quantitative estimate of drug-likeness (QED) is 0.499. The maximum absolute atomic E-state index is 4.39. The van der Waals surface area contributed by atoms with Crippen LogP contribution in [0.25, 0.3) is 0 Å². The number of aliphatic imine (C=N–C) groups is 1. The van der Waals surface area contributed by atoms with Gasteiger partial charge in [0.15, 0.2) is 0 Å². The fourth-order valence-electron chi connectivity index (χ4n) is 1.83. The van der Waals surface area contributed by atoms with Gasteiger partial charge in [-0.1, -0.05) is 19.1 Å². The summed E-state index contributed by atoms with van der Waals surface area (Å²) in [6, 6.07) is 0. The summed E-state index contributed by atoms with van der Waals surface area (Å²) in [6.07, 6.45) is 11.0. The average Bonchev–Trinajstić information content (AvgIpc) is 2.06. The molecule has 1 aliphatic carbocycles. The highest BCUT2D eigenvalue weighted by Crippen LogP contribution is 2.32. The summed E-state index contributed by atoms with van der Waals surface area (Å²) in [5.74, 6) is 1.39. The summed E-state index contributed by atoms with van der Waals surface area (Å²) in [4.78, 5) is 4.39.